The number of aliphatic hydroxyl groups excluding tert-OH is 2. The molecule has 6 N–H and O–H groups in total. The van der Waals surface area contributed by atoms with Gasteiger partial charge >= 0.3 is 5.97 Å². The Kier molecular flexibility index (Phi) is 6.89. The molecule has 32 heavy (non-hydrogen) atoms. The Hall–Kier alpha value is -2.92. The van der Waals surface area contributed by atoms with Gasteiger partial charge in [0.15, 0.2) is 17.7 Å². The van der Waals surface area contributed by atoms with Crippen LogP contribution in [0.3, 0.4) is 0 Å². The lowest BCUT2D eigenvalue weighted by Gasteiger charge is -2.21. The van der Waals surface area contributed by atoms with Gasteiger partial charge in [0, 0.05) is 24.7 Å². The number of carbonyl (C=O) groups excluding carboxylic acids is 1. The first-order valence-electron chi connectivity index (χ1n) is 10.0. The highest BCUT2D eigenvalue weighted by molar-refractivity contribution is 6.32. The van der Waals surface area contributed by atoms with Gasteiger partial charge in [0.1, 0.15) is 6.23 Å². The van der Waals surface area contributed by atoms with Gasteiger partial charge in [-0.1, -0.05) is 5.57 Å². The Morgan fingerprint density at radius 2 is 2.00 bits per heavy atom. The number of carboxylic acids is 1. The van der Waals surface area contributed by atoms with Crippen molar-refractivity contribution in [1.82, 2.24) is 10.6 Å². The number of hydrogen-bond donors (Lipinski definition) is 6. The quantitative estimate of drug-likeness (QED) is 0.285. The molecular formula is C22H25F2N3O5. The summed E-state index contributed by atoms with van der Waals surface area (Å²) in [5, 5.41) is 37.3. The summed E-state index contributed by atoms with van der Waals surface area (Å²) in [6, 6.07) is 1.93. The number of fused-ring (bicyclic) bond motifs is 1. The number of aliphatic hydroxyl groups is 2. The van der Waals surface area contributed by atoms with Crippen LogP contribution in [0.25, 0.3) is 5.57 Å². The Morgan fingerprint density at radius 3 is 2.66 bits per heavy atom. The largest absolute Gasteiger partial charge is 0.479 e. The molecule has 2 aliphatic rings. The molecule has 2 aliphatic heterocycles. The van der Waals surface area contributed by atoms with E-state index in [9.17, 15) is 28.6 Å². The van der Waals surface area contributed by atoms with Crippen LogP contribution in [0.15, 0.2) is 40.5 Å². The summed E-state index contributed by atoms with van der Waals surface area (Å²) in [7, 11) is 0. The topological polar surface area (TPSA) is 131 Å². The monoisotopic (exact) mass is 449 g/mol. The third-order valence-corrected chi connectivity index (χ3v) is 5.66. The number of carboxylic acid groups (broad SMARTS) is 1. The fraction of sp³-hybridized carbons (Fsp3) is 0.364. The SMILES string of the molecule is CC1=C(C(O)NCC(O)C(=O)O)C(C)=C(/C=C2\C(=O)Nc3ccc(F)c(F)c32)C(C)NC1. The van der Waals surface area contributed by atoms with Crippen LogP contribution in [-0.2, 0) is 9.59 Å². The first-order valence-corrected chi connectivity index (χ1v) is 10.0. The molecule has 0 aliphatic carbocycles. The van der Waals surface area contributed by atoms with Gasteiger partial charge in [0.25, 0.3) is 5.91 Å². The summed E-state index contributed by atoms with van der Waals surface area (Å²) in [6.45, 7) is 5.31. The second-order valence-corrected chi connectivity index (χ2v) is 7.84. The van der Waals surface area contributed by atoms with E-state index in [2.05, 4.69) is 16.0 Å². The van der Waals surface area contributed by atoms with Crippen molar-refractivity contribution in [1.29, 1.82) is 0 Å². The van der Waals surface area contributed by atoms with Crippen molar-refractivity contribution in [2.75, 3.05) is 18.4 Å². The molecule has 0 saturated heterocycles. The average Bonchev–Trinajstić information content (AvgIpc) is 3.01. The summed E-state index contributed by atoms with van der Waals surface area (Å²) in [4.78, 5) is 23.4. The lowest BCUT2D eigenvalue weighted by Crippen LogP contribution is -2.40. The number of anilines is 1. The van der Waals surface area contributed by atoms with Crippen LogP contribution < -0.4 is 16.0 Å². The normalized spacial score (nSPS) is 22.0. The second kappa shape index (κ2) is 9.29. The van der Waals surface area contributed by atoms with Gasteiger partial charge in [-0.3, -0.25) is 10.1 Å². The van der Waals surface area contributed by atoms with Crippen LogP contribution in [0.2, 0.25) is 0 Å². The van der Waals surface area contributed by atoms with Crippen LogP contribution in [0.4, 0.5) is 14.5 Å². The zero-order valence-corrected chi connectivity index (χ0v) is 17.8. The van der Waals surface area contributed by atoms with Crippen molar-refractivity contribution in [3.63, 3.8) is 0 Å². The fourth-order valence-electron chi connectivity index (χ4n) is 3.91. The highest BCUT2D eigenvalue weighted by atomic mass is 19.2. The maximum absolute atomic E-state index is 14.5. The summed E-state index contributed by atoms with van der Waals surface area (Å²) >= 11 is 0. The predicted octanol–water partition coefficient (Wildman–Crippen LogP) is 1.28. The van der Waals surface area contributed by atoms with E-state index in [1.165, 1.54) is 12.1 Å². The number of benzene rings is 1. The lowest BCUT2D eigenvalue weighted by atomic mass is 9.92. The third kappa shape index (κ3) is 4.49. The summed E-state index contributed by atoms with van der Waals surface area (Å²) in [5.74, 6) is -4.20. The number of amides is 1. The molecule has 1 aromatic carbocycles. The van der Waals surface area contributed by atoms with Gasteiger partial charge in [-0.05, 0) is 55.7 Å². The molecule has 0 spiro atoms. The van der Waals surface area contributed by atoms with Crippen molar-refractivity contribution < 1.29 is 33.7 Å². The van der Waals surface area contributed by atoms with Crippen molar-refractivity contribution in [3.8, 4) is 0 Å². The number of aliphatic carboxylic acids is 1. The minimum Gasteiger partial charge on any atom is -0.479 e. The molecule has 172 valence electrons. The van der Waals surface area contributed by atoms with E-state index in [-0.39, 0.29) is 29.4 Å². The summed E-state index contributed by atoms with van der Waals surface area (Å²) < 4.78 is 28.3. The number of rotatable bonds is 6. The molecule has 0 radical (unpaired) electrons. The van der Waals surface area contributed by atoms with E-state index in [1.807, 2.05) is 6.92 Å². The number of halogens is 2. The molecule has 1 aromatic rings. The summed E-state index contributed by atoms with van der Waals surface area (Å²) in [5.41, 5.74) is 2.32. The third-order valence-electron chi connectivity index (χ3n) is 5.66. The van der Waals surface area contributed by atoms with Crippen molar-refractivity contribution in [3.05, 3.63) is 57.7 Å². The smallest absolute Gasteiger partial charge is 0.333 e. The minimum atomic E-state index is -1.70. The van der Waals surface area contributed by atoms with Crippen LogP contribution in [0.5, 0.6) is 0 Å². The molecule has 3 unspecified atom stereocenters. The number of nitrogens with one attached hydrogen (secondary N) is 3. The van der Waals surface area contributed by atoms with E-state index in [4.69, 9.17) is 5.11 Å². The first-order chi connectivity index (χ1) is 15.0. The molecular weight excluding hydrogens is 424 g/mol. The Balaban J connectivity index is 2.05. The molecule has 8 nitrogen and oxygen atoms in total. The summed E-state index contributed by atoms with van der Waals surface area (Å²) in [6.07, 6.45) is -1.53. The van der Waals surface area contributed by atoms with E-state index in [1.54, 1.807) is 13.8 Å². The van der Waals surface area contributed by atoms with Crippen molar-refractivity contribution >= 4 is 23.1 Å². The lowest BCUT2D eigenvalue weighted by molar-refractivity contribution is -0.146. The number of hydrogen-bond acceptors (Lipinski definition) is 6. The molecule has 0 saturated carbocycles. The highest BCUT2D eigenvalue weighted by Gasteiger charge is 2.31. The maximum atomic E-state index is 14.5. The molecule has 1 amide bonds. The average molecular weight is 449 g/mol. The van der Waals surface area contributed by atoms with Gasteiger partial charge in [-0.2, -0.15) is 0 Å². The molecule has 0 bridgehead atoms. The molecule has 2 heterocycles. The molecule has 3 rings (SSSR count). The van der Waals surface area contributed by atoms with Crippen molar-refractivity contribution in [2.24, 2.45) is 0 Å². The van der Waals surface area contributed by atoms with Gasteiger partial charge in [0.2, 0.25) is 0 Å². The Morgan fingerprint density at radius 1 is 1.31 bits per heavy atom. The van der Waals surface area contributed by atoms with Gasteiger partial charge in [-0.25, -0.2) is 13.6 Å². The zero-order valence-electron chi connectivity index (χ0n) is 17.8. The molecule has 3 atom stereocenters. The van der Waals surface area contributed by atoms with Crippen LogP contribution in [0, 0.1) is 11.6 Å². The minimum absolute atomic E-state index is 0.0392. The van der Waals surface area contributed by atoms with Gasteiger partial charge in [-0.15, -0.1) is 0 Å². The van der Waals surface area contributed by atoms with Crippen molar-refractivity contribution in [2.45, 2.75) is 39.1 Å². The standard InChI is InChI=1S/C22H25F2N3O5/c1-9-7-25-11(3)12(10(2)17(9)21(30)26-8-16(28)22(31)32)6-13-18-15(27-20(13)29)5-4-14(23)19(18)24/h4-6,11,16,21,25-26,28,30H,7-8H2,1-3H3,(H,27,29)(H,31,32)/b13-6-. The van der Waals surface area contributed by atoms with Crippen LogP contribution in [0.1, 0.15) is 26.3 Å². The van der Waals surface area contributed by atoms with Gasteiger partial charge in [0.05, 0.1) is 11.3 Å². The Labute approximate surface area is 183 Å². The molecule has 10 heteroatoms. The molecule has 0 aromatic heterocycles. The van der Waals surface area contributed by atoms with Crippen LogP contribution in [-0.4, -0.2) is 58.7 Å². The van der Waals surface area contributed by atoms with E-state index in [0.29, 0.717) is 23.3 Å². The first kappa shape index (κ1) is 23.7. The van der Waals surface area contributed by atoms with E-state index in [0.717, 1.165) is 11.6 Å². The Bertz CT molecular complexity index is 1060. The van der Waals surface area contributed by atoms with E-state index < -0.39 is 35.8 Å². The molecule has 0 fully saturated rings. The van der Waals surface area contributed by atoms with E-state index >= 15 is 0 Å². The number of carbonyl (C=O) groups is 2. The predicted molar refractivity (Wildman–Crippen MR) is 113 cm³/mol. The van der Waals surface area contributed by atoms with Gasteiger partial charge < -0.3 is 26.0 Å². The maximum Gasteiger partial charge on any atom is 0.333 e. The second-order valence-electron chi connectivity index (χ2n) is 7.84. The van der Waals surface area contributed by atoms with Crippen LogP contribution >= 0.6 is 0 Å². The highest BCUT2D eigenvalue weighted by Crippen LogP contribution is 2.37. The fourth-order valence-corrected chi connectivity index (χ4v) is 3.91. The zero-order chi connectivity index (χ0) is 23.7.